The molecular formula is C12H27NS. The predicted octanol–water partition coefficient (Wildman–Crippen LogP) is 3.64. The molecule has 1 aliphatic heterocycles. The molecule has 0 aromatic heterocycles. The third-order valence-corrected chi connectivity index (χ3v) is 7.60. The standard InChI is InChI=1S/C12H27NS/c1-6-12(4)13(11(2)3)14(5)9-7-8-10-14/h11-12H,6-10H2,1-5H3. The zero-order valence-corrected chi connectivity index (χ0v) is 11.4. The topological polar surface area (TPSA) is 3.24 Å². The van der Waals surface area contributed by atoms with Crippen LogP contribution in [-0.2, 0) is 0 Å². The van der Waals surface area contributed by atoms with Gasteiger partial charge in [0.25, 0.3) is 0 Å². The minimum absolute atomic E-state index is 0.422. The van der Waals surface area contributed by atoms with E-state index >= 15 is 0 Å². The first-order valence-electron chi connectivity index (χ1n) is 6.03. The van der Waals surface area contributed by atoms with Gasteiger partial charge in [-0.05, 0) is 57.8 Å². The van der Waals surface area contributed by atoms with Crippen LogP contribution in [0.1, 0.15) is 47.0 Å². The Labute approximate surface area is 91.7 Å². The third kappa shape index (κ3) is 2.46. The molecule has 1 unspecified atom stereocenters. The van der Waals surface area contributed by atoms with E-state index in [1.807, 2.05) is 0 Å². The van der Waals surface area contributed by atoms with E-state index in [2.05, 4.69) is 38.3 Å². The van der Waals surface area contributed by atoms with Gasteiger partial charge in [-0.1, -0.05) is 6.92 Å². The van der Waals surface area contributed by atoms with Crippen LogP contribution in [-0.4, -0.2) is 34.2 Å². The van der Waals surface area contributed by atoms with E-state index in [1.165, 1.54) is 30.8 Å². The largest absolute Gasteiger partial charge is 0.263 e. The summed E-state index contributed by atoms with van der Waals surface area (Å²) in [4.78, 5) is 0. The van der Waals surface area contributed by atoms with Gasteiger partial charge < -0.3 is 0 Å². The third-order valence-electron chi connectivity index (χ3n) is 3.46. The Balaban J connectivity index is 2.75. The lowest BCUT2D eigenvalue weighted by atomic mass is 10.2. The van der Waals surface area contributed by atoms with Crippen LogP contribution in [0.5, 0.6) is 0 Å². The molecule has 0 aromatic rings. The van der Waals surface area contributed by atoms with Crippen LogP contribution in [0.2, 0.25) is 0 Å². The second-order valence-corrected chi connectivity index (χ2v) is 8.73. The highest BCUT2D eigenvalue weighted by atomic mass is 32.3. The van der Waals surface area contributed by atoms with Gasteiger partial charge in [-0.25, -0.2) is 0 Å². The molecule has 1 rings (SSSR count). The summed E-state index contributed by atoms with van der Waals surface area (Å²) in [6.45, 7) is 9.44. The number of hydrogen-bond donors (Lipinski definition) is 0. The van der Waals surface area contributed by atoms with Crippen LogP contribution in [0.25, 0.3) is 0 Å². The lowest BCUT2D eigenvalue weighted by molar-refractivity contribution is 0.302. The second-order valence-electron chi connectivity index (χ2n) is 5.05. The van der Waals surface area contributed by atoms with Crippen molar-refractivity contribution in [1.82, 2.24) is 4.31 Å². The van der Waals surface area contributed by atoms with Gasteiger partial charge in [0, 0.05) is 12.1 Å². The summed E-state index contributed by atoms with van der Waals surface area (Å²) < 4.78 is 2.83. The maximum Gasteiger partial charge on any atom is 0.0159 e. The van der Waals surface area contributed by atoms with E-state index in [9.17, 15) is 0 Å². The van der Waals surface area contributed by atoms with Crippen LogP contribution < -0.4 is 0 Å². The Morgan fingerprint density at radius 1 is 1.14 bits per heavy atom. The fourth-order valence-electron chi connectivity index (χ4n) is 2.77. The predicted molar refractivity (Wildman–Crippen MR) is 69.2 cm³/mol. The summed E-state index contributed by atoms with van der Waals surface area (Å²) in [5, 5.41) is 0. The first-order valence-corrected chi connectivity index (χ1v) is 8.37. The summed E-state index contributed by atoms with van der Waals surface area (Å²) >= 11 is 0. The van der Waals surface area contributed by atoms with Crippen molar-refractivity contribution in [2.45, 2.75) is 59.0 Å². The zero-order valence-electron chi connectivity index (χ0n) is 10.5. The van der Waals surface area contributed by atoms with Crippen LogP contribution in [0.4, 0.5) is 0 Å². The van der Waals surface area contributed by atoms with Crippen molar-refractivity contribution in [3.05, 3.63) is 0 Å². The minimum atomic E-state index is -0.422. The van der Waals surface area contributed by atoms with Crippen molar-refractivity contribution in [2.24, 2.45) is 0 Å². The fraction of sp³-hybridized carbons (Fsp3) is 1.00. The molecule has 1 aliphatic rings. The van der Waals surface area contributed by atoms with E-state index in [4.69, 9.17) is 0 Å². The van der Waals surface area contributed by atoms with E-state index in [-0.39, 0.29) is 0 Å². The molecule has 0 N–H and O–H groups in total. The van der Waals surface area contributed by atoms with Gasteiger partial charge in [-0.2, -0.15) is 10.2 Å². The van der Waals surface area contributed by atoms with Crippen molar-refractivity contribution < 1.29 is 0 Å². The molecule has 0 saturated carbocycles. The van der Waals surface area contributed by atoms with E-state index in [0.717, 1.165) is 12.1 Å². The number of nitrogens with zero attached hydrogens (tertiary/aromatic N) is 1. The maximum absolute atomic E-state index is 2.83. The average molecular weight is 217 g/mol. The molecule has 1 atom stereocenters. The van der Waals surface area contributed by atoms with Crippen LogP contribution >= 0.6 is 10.2 Å². The van der Waals surface area contributed by atoms with Crippen molar-refractivity contribution in [2.75, 3.05) is 17.8 Å². The molecule has 0 aromatic carbocycles. The SMILES string of the molecule is CCC(C)N(C(C)C)S1(C)CCCC1. The molecule has 1 saturated heterocycles. The molecule has 1 heterocycles. The average Bonchev–Trinajstić information content (AvgIpc) is 2.51. The highest BCUT2D eigenvalue weighted by Gasteiger charge is 2.33. The Kier molecular flexibility index (Phi) is 4.32. The van der Waals surface area contributed by atoms with Gasteiger partial charge in [0.15, 0.2) is 0 Å². The monoisotopic (exact) mass is 217 g/mol. The summed E-state index contributed by atoms with van der Waals surface area (Å²) in [5.74, 6) is 2.96. The molecule has 0 bridgehead atoms. The molecule has 14 heavy (non-hydrogen) atoms. The van der Waals surface area contributed by atoms with Crippen LogP contribution in [0.15, 0.2) is 0 Å². The fourth-order valence-corrected chi connectivity index (χ4v) is 7.08. The first-order chi connectivity index (χ1) is 6.51. The van der Waals surface area contributed by atoms with Crippen molar-refractivity contribution in [3.63, 3.8) is 0 Å². The summed E-state index contributed by atoms with van der Waals surface area (Å²) in [6, 6.07) is 1.50. The van der Waals surface area contributed by atoms with Gasteiger partial charge in [0.2, 0.25) is 0 Å². The van der Waals surface area contributed by atoms with Gasteiger partial charge >= 0.3 is 0 Å². The molecule has 2 heteroatoms. The lowest BCUT2D eigenvalue weighted by Gasteiger charge is -2.49. The van der Waals surface area contributed by atoms with E-state index in [0.29, 0.717) is 0 Å². The highest BCUT2D eigenvalue weighted by molar-refractivity contribution is 8.31. The number of rotatable bonds is 4. The lowest BCUT2D eigenvalue weighted by Crippen LogP contribution is -2.41. The molecule has 86 valence electrons. The Morgan fingerprint density at radius 2 is 1.64 bits per heavy atom. The maximum atomic E-state index is 2.83. The quantitative estimate of drug-likeness (QED) is 0.695. The summed E-state index contributed by atoms with van der Waals surface area (Å²) in [5.41, 5.74) is 0. The van der Waals surface area contributed by atoms with Gasteiger partial charge in [-0.15, -0.1) is 0 Å². The molecular weight excluding hydrogens is 190 g/mol. The molecule has 0 aliphatic carbocycles. The highest BCUT2D eigenvalue weighted by Crippen LogP contribution is 2.55. The van der Waals surface area contributed by atoms with Crippen molar-refractivity contribution in [1.29, 1.82) is 0 Å². The minimum Gasteiger partial charge on any atom is -0.263 e. The van der Waals surface area contributed by atoms with Gasteiger partial charge in [-0.3, -0.25) is 4.31 Å². The van der Waals surface area contributed by atoms with Crippen molar-refractivity contribution >= 4 is 10.2 Å². The van der Waals surface area contributed by atoms with Crippen molar-refractivity contribution in [3.8, 4) is 0 Å². The normalized spacial score (nSPS) is 25.6. The second kappa shape index (κ2) is 4.89. The van der Waals surface area contributed by atoms with Crippen LogP contribution in [0, 0.1) is 0 Å². The van der Waals surface area contributed by atoms with E-state index in [1.54, 1.807) is 0 Å². The summed E-state index contributed by atoms with van der Waals surface area (Å²) in [6.07, 6.45) is 6.77. The molecule has 1 fully saturated rings. The molecule has 0 radical (unpaired) electrons. The smallest absolute Gasteiger partial charge is 0.0159 e. The van der Waals surface area contributed by atoms with Gasteiger partial charge in [0.1, 0.15) is 0 Å². The van der Waals surface area contributed by atoms with E-state index < -0.39 is 10.2 Å². The molecule has 1 nitrogen and oxygen atoms in total. The number of hydrogen-bond acceptors (Lipinski definition) is 1. The first kappa shape index (κ1) is 12.4. The summed E-state index contributed by atoms with van der Waals surface area (Å²) in [7, 11) is -0.422. The Bertz CT molecular complexity index is 173. The molecule has 0 amide bonds. The van der Waals surface area contributed by atoms with Gasteiger partial charge in [0.05, 0.1) is 0 Å². The Morgan fingerprint density at radius 3 is 2.00 bits per heavy atom. The zero-order chi connectivity index (χ0) is 10.8. The Hall–Kier alpha value is 0.310. The van der Waals surface area contributed by atoms with Crippen LogP contribution in [0.3, 0.4) is 0 Å². The molecule has 0 spiro atoms.